The Hall–Kier alpha value is -4.60. The summed E-state index contributed by atoms with van der Waals surface area (Å²) in [4.78, 5) is 22.1. The monoisotopic (exact) mass is 830 g/mol. The number of ether oxygens (including phenoxy) is 3. The molecule has 1 amide bonds. The van der Waals surface area contributed by atoms with Crippen LogP contribution in [0.5, 0.6) is 11.5 Å². The van der Waals surface area contributed by atoms with Gasteiger partial charge in [-0.25, -0.2) is 8.42 Å². The van der Waals surface area contributed by atoms with Gasteiger partial charge in [0.15, 0.2) is 0 Å². The molecule has 0 radical (unpaired) electrons. The molecule has 1 saturated carbocycles. The molecule has 2 heterocycles. The van der Waals surface area contributed by atoms with E-state index in [1.165, 1.54) is 30.4 Å². The number of nitrogens with one attached hydrogen (secondary N) is 1. The number of pyridine rings is 1. The lowest BCUT2D eigenvalue weighted by Gasteiger charge is -2.59. The smallest absolute Gasteiger partial charge is 0.243 e. The molecule has 2 aromatic carbocycles. The van der Waals surface area contributed by atoms with Crippen LogP contribution in [0.2, 0.25) is 0 Å². The van der Waals surface area contributed by atoms with Crippen LogP contribution in [0.15, 0.2) is 95.0 Å². The summed E-state index contributed by atoms with van der Waals surface area (Å²) in [5.41, 5.74) is 4.56. The molecule has 14 heteroatoms. The largest absolute Gasteiger partial charge is 0.487 e. The van der Waals surface area contributed by atoms with Crippen molar-refractivity contribution in [2.45, 2.75) is 95.0 Å². The molecular weight excluding hydrogens is 773 g/mol. The Morgan fingerprint density at radius 2 is 1.83 bits per heavy atom. The summed E-state index contributed by atoms with van der Waals surface area (Å²) in [5, 5.41) is 27.1. The Morgan fingerprint density at radius 1 is 1.08 bits per heavy atom. The minimum Gasteiger partial charge on any atom is -0.487 e. The highest BCUT2D eigenvalue weighted by atomic mass is 32.2. The van der Waals surface area contributed by atoms with Gasteiger partial charge in [-0.15, -0.1) is 6.58 Å². The Balaban J connectivity index is 1.54. The van der Waals surface area contributed by atoms with Gasteiger partial charge in [0.05, 0.1) is 34.9 Å². The van der Waals surface area contributed by atoms with E-state index in [0.717, 1.165) is 48.2 Å². The maximum Gasteiger partial charge on any atom is 0.243 e. The highest BCUT2D eigenvalue weighted by molar-refractivity contribution is 7.89. The first-order chi connectivity index (χ1) is 28.5. The van der Waals surface area contributed by atoms with Crippen molar-refractivity contribution in [2.24, 2.45) is 22.9 Å². The highest BCUT2D eigenvalue weighted by Gasteiger charge is 2.65. The molecule has 1 aliphatic heterocycles. The fraction of sp³-hybridized carbons (Fsp3) is 0.489. The summed E-state index contributed by atoms with van der Waals surface area (Å²) >= 11 is 0. The molecule has 59 heavy (non-hydrogen) atoms. The van der Waals surface area contributed by atoms with E-state index in [-0.39, 0.29) is 61.4 Å². The number of fused-ring (bicyclic) bond motifs is 2. The molecule has 318 valence electrons. The third-order valence-corrected chi connectivity index (χ3v) is 13.5. The lowest BCUT2D eigenvalue weighted by molar-refractivity contribution is -0.250. The first-order valence-corrected chi connectivity index (χ1v) is 22.0. The van der Waals surface area contributed by atoms with Gasteiger partial charge in [-0.05, 0) is 112 Å². The molecule has 3 aliphatic rings. The fourth-order valence-corrected chi connectivity index (χ4v) is 10.4. The second kappa shape index (κ2) is 19.6. The number of benzene rings is 2. The average Bonchev–Trinajstić information content (AvgIpc) is 3.22. The van der Waals surface area contributed by atoms with Crippen LogP contribution in [0.1, 0.15) is 81.7 Å². The second-order valence-corrected chi connectivity index (χ2v) is 17.5. The predicted molar refractivity (Wildman–Crippen MR) is 226 cm³/mol. The summed E-state index contributed by atoms with van der Waals surface area (Å²) < 4.78 is 51.2. The van der Waals surface area contributed by atoms with Crippen LogP contribution in [-0.4, -0.2) is 84.8 Å². The SMILES string of the molecule is C=CCO[C@@]12Oc3ccc(OCc4cccc(C)n4)cc3[C@H]3[C@H](CCCCO)[C@@H](CCCCO)C=C(C(=NOCC)C[C@@H]1N(C)S(=O)(=O)c1ccc(NC(C)=O)cc1)[C@H]32. The van der Waals surface area contributed by atoms with Crippen LogP contribution >= 0.6 is 0 Å². The number of hydrogen-bond acceptors (Lipinski definition) is 11. The number of hydrogen-bond donors (Lipinski definition) is 3. The van der Waals surface area contributed by atoms with Gasteiger partial charge < -0.3 is 34.6 Å². The van der Waals surface area contributed by atoms with E-state index in [0.29, 0.717) is 42.3 Å². The Kier molecular flexibility index (Phi) is 14.6. The number of amides is 1. The number of oxime groups is 1. The van der Waals surface area contributed by atoms with Crippen LogP contribution in [0.4, 0.5) is 5.69 Å². The van der Waals surface area contributed by atoms with Gasteiger partial charge in [0.2, 0.25) is 21.7 Å². The third-order valence-electron chi connectivity index (χ3n) is 11.6. The van der Waals surface area contributed by atoms with Gasteiger partial charge in [0.25, 0.3) is 0 Å². The van der Waals surface area contributed by atoms with E-state index >= 15 is 0 Å². The summed E-state index contributed by atoms with van der Waals surface area (Å²) in [6.07, 6.45) is 8.43. The maximum absolute atomic E-state index is 14.7. The molecule has 3 aromatic rings. The number of carbonyl (C=O) groups is 1. The molecule has 0 saturated heterocycles. The van der Waals surface area contributed by atoms with Crippen LogP contribution in [0, 0.1) is 24.7 Å². The van der Waals surface area contributed by atoms with Crippen LogP contribution < -0.4 is 14.8 Å². The predicted octanol–water partition coefficient (Wildman–Crippen LogP) is 6.90. The van der Waals surface area contributed by atoms with Crippen molar-refractivity contribution in [3.05, 3.63) is 102 Å². The van der Waals surface area contributed by atoms with Crippen molar-refractivity contribution in [1.29, 1.82) is 0 Å². The molecule has 0 unspecified atom stereocenters. The van der Waals surface area contributed by atoms with Gasteiger partial charge >= 0.3 is 0 Å². The zero-order chi connectivity index (χ0) is 42.2. The van der Waals surface area contributed by atoms with E-state index in [2.05, 4.69) is 28.1 Å². The number of sulfonamides is 1. The standard InChI is InChI=1S/C45H58N4O9S/c1-6-25-56-45-42(49(5)59(53,54)36-20-17-33(18-21-36)47-31(4)52)28-40(48-57-7-2)38-26-32(14-8-10-23-50)37(16-9-11-24-51)43(44(38)45)39-27-35(19-22-41(39)58-45)55-29-34-15-12-13-30(3)46-34/h6,12-13,15,17-22,26-27,32,37,42-44,50-51H,1,7-11,14,16,23-25,28-29H2,2-5H3,(H,47,52)/t32-,37+,42-,43+,44+,45+/m0/s1. The molecule has 2 aliphatic carbocycles. The topological polar surface area (TPSA) is 169 Å². The minimum atomic E-state index is -4.20. The van der Waals surface area contributed by atoms with E-state index in [1.54, 1.807) is 18.2 Å². The Morgan fingerprint density at radius 3 is 2.51 bits per heavy atom. The Bertz CT molecular complexity index is 2110. The minimum absolute atomic E-state index is 0.00682. The van der Waals surface area contributed by atoms with Crippen molar-refractivity contribution in [3.8, 4) is 11.5 Å². The molecule has 1 aromatic heterocycles. The number of anilines is 1. The maximum atomic E-state index is 14.7. The fourth-order valence-electron chi connectivity index (χ4n) is 9.02. The lowest BCUT2D eigenvalue weighted by atomic mass is 9.55. The zero-order valence-corrected chi connectivity index (χ0v) is 35.3. The van der Waals surface area contributed by atoms with Crippen LogP contribution in [0.3, 0.4) is 0 Å². The first-order valence-electron chi connectivity index (χ1n) is 20.6. The van der Waals surface area contributed by atoms with Gasteiger partial charge in [0, 0.05) is 56.5 Å². The number of rotatable bonds is 20. The first kappa shape index (κ1) is 44.0. The van der Waals surface area contributed by atoms with E-state index in [9.17, 15) is 23.4 Å². The molecule has 1 fully saturated rings. The van der Waals surface area contributed by atoms with Crippen LogP contribution in [-0.2, 0) is 31.0 Å². The number of aromatic nitrogens is 1. The molecule has 6 atom stereocenters. The average molecular weight is 831 g/mol. The number of aliphatic hydroxyl groups excluding tert-OH is 2. The summed E-state index contributed by atoms with van der Waals surface area (Å²) in [6.45, 7) is 9.93. The molecule has 0 bridgehead atoms. The number of aliphatic hydroxyl groups is 2. The number of unbranched alkanes of at least 4 members (excludes halogenated alkanes) is 2. The van der Waals surface area contributed by atoms with Crippen molar-refractivity contribution in [1.82, 2.24) is 9.29 Å². The number of nitrogens with zero attached hydrogens (tertiary/aromatic N) is 3. The lowest BCUT2D eigenvalue weighted by Crippen LogP contribution is -2.69. The van der Waals surface area contributed by atoms with Crippen molar-refractivity contribution in [3.63, 3.8) is 0 Å². The quantitative estimate of drug-likeness (QED) is 0.0619. The molecular formula is C45H58N4O9S. The van der Waals surface area contributed by atoms with Gasteiger partial charge in [0.1, 0.15) is 24.7 Å². The number of aryl methyl sites for hydroxylation is 1. The van der Waals surface area contributed by atoms with Crippen molar-refractivity contribution >= 4 is 27.3 Å². The zero-order valence-electron chi connectivity index (χ0n) is 34.5. The Labute approximate surface area is 348 Å². The molecule has 3 N–H and O–H groups in total. The second-order valence-electron chi connectivity index (χ2n) is 15.5. The number of allylic oxidation sites excluding steroid dienone is 1. The highest BCUT2D eigenvalue weighted by Crippen LogP contribution is 2.62. The third kappa shape index (κ3) is 9.57. The van der Waals surface area contributed by atoms with Crippen LogP contribution in [0.25, 0.3) is 0 Å². The summed E-state index contributed by atoms with van der Waals surface area (Å²) in [6, 6.07) is 16.7. The van der Waals surface area contributed by atoms with Gasteiger partial charge in [-0.2, -0.15) is 4.31 Å². The molecule has 6 rings (SSSR count). The molecule has 13 nitrogen and oxygen atoms in total. The van der Waals surface area contributed by atoms with E-state index < -0.39 is 27.8 Å². The normalized spacial score (nSPS) is 24.1. The summed E-state index contributed by atoms with van der Waals surface area (Å²) in [5.74, 6) is -1.41. The van der Waals surface area contributed by atoms with Crippen molar-refractivity contribution < 1.29 is 42.5 Å². The van der Waals surface area contributed by atoms with E-state index in [4.69, 9.17) is 19.0 Å². The summed E-state index contributed by atoms with van der Waals surface area (Å²) in [7, 11) is -2.66. The van der Waals surface area contributed by atoms with E-state index in [1.807, 2.05) is 50.2 Å². The van der Waals surface area contributed by atoms with Crippen molar-refractivity contribution in [2.75, 3.05) is 38.8 Å². The van der Waals surface area contributed by atoms with Gasteiger partial charge in [-0.3, -0.25) is 9.78 Å². The molecule has 0 spiro atoms. The number of carbonyl (C=O) groups excluding carboxylic acids is 1. The number of likely N-dealkylation sites (N-methyl/N-ethyl adjacent to an activating group) is 1. The van der Waals surface area contributed by atoms with Gasteiger partial charge in [-0.1, -0.05) is 36.2 Å².